The number of benzene rings is 1. The summed E-state index contributed by atoms with van der Waals surface area (Å²) < 4.78 is 4.69. The van der Waals surface area contributed by atoms with Gasteiger partial charge in [0.25, 0.3) is 5.91 Å². The molecule has 0 unspecified atom stereocenters. The van der Waals surface area contributed by atoms with E-state index in [0.717, 1.165) is 5.56 Å². The molecule has 2 rings (SSSR count). The van der Waals surface area contributed by atoms with Crippen LogP contribution >= 0.6 is 22.9 Å². The number of methoxy groups -OCH3 is 1. The molecule has 0 aliphatic heterocycles. The van der Waals surface area contributed by atoms with Gasteiger partial charge >= 0.3 is 5.97 Å². The number of carbonyl (C=O) groups is 2. The molecule has 0 aliphatic rings. The van der Waals surface area contributed by atoms with E-state index in [4.69, 9.17) is 22.1 Å². The average Bonchev–Trinajstić information content (AvgIpc) is 2.82. The van der Waals surface area contributed by atoms with E-state index in [-0.39, 0.29) is 5.91 Å². The molecule has 5 nitrogen and oxygen atoms in total. The number of hydrogen-bond donors (Lipinski definition) is 2. The molecule has 2 aromatic rings. The number of nitrogens with one attached hydrogen (secondary N) is 1. The summed E-state index contributed by atoms with van der Waals surface area (Å²) in [6.07, 6.45) is 0. The number of amides is 1. The number of ether oxygens (including phenoxy) is 1. The van der Waals surface area contributed by atoms with Crippen molar-refractivity contribution in [3.63, 3.8) is 0 Å². The summed E-state index contributed by atoms with van der Waals surface area (Å²) in [7, 11) is 1.29. The summed E-state index contributed by atoms with van der Waals surface area (Å²) in [5.74, 6) is -0.859. The largest absolute Gasteiger partial charge is 0.465 e. The minimum Gasteiger partial charge on any atom is -0.465 e. The molecular weight excluding hydrogens is 312 g/mol. The van der Waals surface area contributed by atoms with Crippen molar-refractivity contribution < 1.29 is 14.3 Å². The topological polar surface area (TPSA) is 81.4 Å². The monoisotopic (exact) mass is 324 g/mol. The van der Waals surface area contributed by atoms with E-state index in [1.807, 2.05) is 0 Å². The Hall–Kier alpha value is -2.05. The van der Waals surface area contributed by atoms with E-state index in [0.29, 0.717) is 26.8 Å². The molecule has 1 amide bonds. The molecule has 0 saturated heterocycles. The summed E-state index contributed by atoms with van der Waals surface area (Å²) in [5.41, 5.74) is 7.60. The SMILES string of the molecule is COC(=O)c1scc(C)c1NC(=O)c1ccc(N)c(Cl)c1. The molecule has 0 radical (unpaired) electrons. The zero-order chi connectivity index (χ0) is 15.6. The molecule has 0 fully saturated rings. The summed E-state index contributed by atoms with van der Waals surface area (Å²) in [6.45, 7) is 1.80. The fraction of sp³-hybridized carbons (Fsp3) is 0.143. The quantitative estimate of drug-likeness (QED) is 0.670. The van der Waals surface area contributed by atoms with Gasteiger partial charge in [-0.3, -0.25) is 4.79 Å². The Morgan fingerprint density at radius 2 is 2.10 bits per heavy atom. The molecular formula is C14H13ClN2O3S. The van der Waals surface area contributed by atoms with Crippen LogP contribution in [-0.4, -0.2) is 19.0 Å². The highest BCUT2D eigenvalue weighted by Crippen LogP contribution is 2.29. The fourth-order valence-electron chi connectivity index (χ4n) is 1.70. The normalized spacial score (nSPS) is 10.2. The summed E-state index contributed by atoms with van der Waals surface area (Å²) in [4.78, 5) is 24.2. The van der Waals surface area contributed by atoms with E-state index in [2.05, 4.69) is 5.32 Å². The zero-order valence-corrected chi connectivity index (χ0v) is 13.0. The number of rotatable bonds is 3. The standard InChI is InChI=1S/C14H13ClN2O3S/c1-7-6-21-12(14(19)20-2)11(7)17-13(18)8-3-4-10(16)9(15)5-8/h3-6H,16H2,1-2H3,(H,17,18). The second-order valence-electron chi connectivity index (χ2n) is 4.30. The van der Waals surface area contributed by atoms with Crippen molar-refractivity contribution >= 4 is 46.2 Å². The van der Waals surface area contributed by atoms with Crippen LogP contribution in [0.25, 0.3) is 0 Å². The second kappa shape index (κ2) is 6.15. The Morgan fingerprint density at radius 3 is 2.71 bits per heavy atom. The average molecular weight is 325 g/mol. The lowest BCUT2D eigenvalue weighted by atomic mass is 10.2. The van der Waals surface area contributed by atoms with Gasteiger partial charge in [-0.1, -0.05) is 11.6 Å². The van der Waals surface area contributed by atoms with Crippen LogP contribution < -0.4 is 11.1 Å². The number of esters is 1. The van der Waals surface area contributed by atoms with E-state index < -0.39 is 5.97 Å². The van der Waals surface area contributed by atoms with E-state index >= 15 is 0 Å². The molecule has 0 saturated carbocycles. The first-order valence-corrected chi connectivity index (χ1v) is 7.22. The number of aryl methyl sites for hydroxylation is 1. The lowest BCUT2D eigenvalue weighted by Crippen LogP contribution is -2.14. The van der Waals surface area contributed by atoms with Crippen LogP contribution in [-0.2, 0) is 4.74 Å². The van der Waals surface area contributed by atoms with Gasteiger partial charge in [-0.05, 0) is 36.1 Å². The Labute approximate surface area is 130 Å². The molecule has 21 heavy (non-hydrogen) atoms. The Bertz CT molecular complexity index is 712. The molecule has 7 heteroatoms. The van der Waals surface area contributed by atoms with Gasteiger partial charge in [0.1, 0.15) is 4.88 Å². The first-order chi connectivity index (χ1) is 9.93. The van der Waals surface area contributed by atoms with E-state index in [9.17, 15) is 9.59 Å². The lowest BCUT2D eigenvalue weighted by Gasteiger charge is -2.08. The number of nitrogens with two attached hydrogens (primary N) is 1. The Morgan fingerprint density at radius 1 is 1.38 bits per heavy atom. The molecule has 0 atom stereocenters. The smallest absolute Gasteiger partial charge is 0.350 e. The number of hydrogen-bond acceptors (Lipinski definition) is 5. The molecule has 3 N–H and O–H groups in total. The number of halogens is 1. The van der Waals surface area contributed by atoms with Gasteiger partial charge in [0, 0.05) is 5.56 Å². The van der Waals surface area contributed by atoms with Crippen molar-refractivity contribution in [2.24, 2.45) is 0 Å². The van der Waals surface area contributed by atoms with Crippen molar-refractivity contribution in [1.29, 1.82) is 0 Å². The van der Waals surface area contributed by atoms with Gasteiger partial charge in [0.15, 0.2) is 0 Å². The maximum Gasteiger partial charge on any atom is 0.350 e. The third kappa shape index (κ3) is 3.17. The molecule has 0 spiro atoms. The van der Waals surface area contributed by atoms with Crippen molar-refractivity contribution in [2.45, 2.75) is 6.92 Å². The number of thiophene rings is 1. The Balaban J connectivity index is 2.29. The molecule has 0 aliphatic carbocycles. The van der Waals surface area contributed by atoms with E-state index in [1.165, 1.54) is 24.5 Å². The molecule has 1 aromatic carbocycles. The van der Waals surface area contributed by atoms with Gasteiger partial charge in [0.2, 0.25) is 0 Å². The van der Waals surface area contributed by atoms with Crippen LogP contribution in [0.1, 0.15) is 25.6 Å². The number of nitrogen functional groups attached to an aromatic ring is 1. The molecule has 110 valence electrons. The number of anilines is 2. The molecule has 1 aromatic heterocycles. The van der Waals surface area contributed by atoms with Gasteiger partial charge in [-0.25, -0.2) is 4.79 Å². The van der Waals surface area contributed by atoms with Crippen LogP contribution in [0.3, 0.4) is 0 Å². The summed E-state index contributed by atoms with van der Waals surface area (Å²) >= 11 is 7.11. The molecule has 0 bridgehead atoms. The van der Waals surface area contributed by atoms with Gasteiger partial charge in [-0.15, -0.1) is 11.3 Å². The van der Waals surface area contributed by atoms with Gasteiger partial charge < -0.3 is 15.8 Å². The highest BCUT2D eigenvalue weighted by Gasteiger charge is 2.19. The number of carbonyl (C=O) groups excluding carboxylic acids is 2. The molecule has 1 heterocycles. The Kier molecular flexibility index (Phi) is 4.50. The zero-order valence-electron chi connectivity index (χ0n) is 11.4. The third-order valence-electron chi connectivity index (χ3n) is 2.85. The van der Waals surface area contributed by atoms with Crippen molar-refractivity contribution in [1.82, 2.24) is 0 Å². The van der Waals surface area contributed by atoms with E-state index in [1.54, 1.807) is 24.4 Å². The highest BCUT2D eigenvalue weighted by atomic mass is 35.5. The van der Waals surface area contributed by atoms with Crippen LogP contribution in [0.5, 0.6) is 0 Å². The van der Waals surface area contributed by atoms with Crippen LogP contribution in [0.15, 0.2) is 23.6 Å². The van der Waals surface area contributed by atoms with Crippen molar-refractivity contribution in [3.8, 4) is 0 Å². The second-order valence-corrected chi connectivity index (χ2v) is 5.59. The first-order valence-electron chi connectivity index (χ1n) is 5.96. The predicted octanol–water partition coefficient (Wildman–Crippen LogP) is 3.33. The van der Waals surface area contributed by atoms with Crippen LogP contribution in [0.2, 0.25) is 5.02 Å². The fourth-order valence-corrected chi connectivity index (χ4v) is 2.80. The predicted molar refractivity (Wildman–Crippen MR) is 84.2 cm³/mol. The maximum atomic E-state index is 12.2. The minimum absolute atomic E-state index is 0.304. The highest BCUT2D eigenvalue weighted by molar-refractivity contribution is 7.12. The lowest BCUT2D eigenvalue weighted by molar-refractivity contribution is 0.0607. The maximum absolute atomic E-state index is 12.2. The summed E-state index contributed by atoms with van der Waals surface area (Å²) in [6, 6.07) is 4.60. The van der Waals surface area contributed by atoms with Crippen LogP contribution in [0.4, 0.5) is 11.4 Å². The van der Waals surface area contributed by atoms with Gasteiger partial charge in [0.05, 0.1) is 23.5 Å². The van der Waals surface area contributed by atoms with Crippen molar-refractivity contribution in [2.75, 3.05) is 18.2 Å². The third-order valence-corrected chi connectivity index (χ3v) is 4.25. The van der Waals surface area contributed by atoms with Crippen LogP contribution in [0, 0.1) is 6.92 Å². The summed E-state index contributed by atoms with van der Waals surface area (Å²) in [5, 5.41) is 4.79. The van der Waals surface area contributed by atoms with Gasteiger partial charge in [-0.2, -0.15) is 0 Å². The van der Waals surface area contributed by atoms with Crippen molar-refractivity contribution in [3.05, 3.63) is 44.6 Å². The first kappa shape index (κ1) is 15.3. The minimum atomic E-state index is -0.487.